The van der Waals surface area contributed by atoms with E-state index in [0.29, 0.717) is 37.4 Å². The molecule has 1 N–H and O–H groups in total. The molecule has 1 aliphatic heterocycles. The molecule has 0 spiro atoms. The van der Waals surface area contributed by atoms with Gasteiger partial charge in [0, 0.05) is 57.8 Å². The molecule has 0 radical (unpaired) electrons. The lowest BCUT2D eigenvalue weighted by Crippen LogP contribution is -2.60. The predicted molar refractivity (Wildman–Crippen MR) is 121 cm³/mol. The molecule has 9 heteroatoms. The van der Waals surface area contributed by atoms with E-state index in [9.17, 15) is 19.5 Å². The molecule has 0 aromatic carbocycles. The van der Waals surface area contributed by atoms with Crippen LogP contribution in [0.5, 0.6) is 5.88 Å². The summed E-state index contributed by atoms with van der Waals surface area (Å²) in [6.07, 6.45) is 1.55. The first-order valence-electron chi connectivity index (χ1n) is 11.0. The van der Waals surface area contributed by atoms with Crippen molar-refractivity contribution < 1.29 is 24.2 Å². The number of carboxylic acid groups (broad SMARTS) is 1. The third-order valence-electron chi connectivity index (χ3n) is 5.52. The Kier molecular flexibility index (Phi) is 8.09. The van der Waals surface area contributed by atoms with Crippen LogP contribution in [0.15, 0.2) is 18.3 Å². The van der Waals surface area contributed by atoms with Crippen molar-refractivity contribution in [2.45, 2.75) is 65.1 Å². The fraction of sp³-hybridized carbons (Fsp3) is 0.652. The molecule has 178 valence electrons. The maximum absolute atomic E-state index is 13.3. The summed E-state index contributed by atoms with van der Waals surface area (Å²) in [5, 5.41) is 9.77. The van der Waals surface area contributed by atoms with Gasteiger partial charge in [0.2, 0.25) is 11.8 Å². The minimum absolute atomic E-state index is 0.0994. The van der Waals surface area contributed by atoms with E-state index in [1.165, 1.54) is 16.0 Å². The number of ether oxygens (including phenoxy) is 1. The van der Waals surface area contributed by atoms with Crippen LogP contribution in [0.25, 0.3) is 0 Å². The highest BCUT2D eigenvalue weighted by atomic mass is 16.5. The van der Waals surface area contributed by atoms with Crippen LogP contribution in [0, 0.1) is 5.92 Å². The van der Waals surface area contributed by atoms with Gasteiger partial charge in [0.15, 0.2) is 0 Å². The number of hydrogen-bond donors (Lipinski definition) is 1. The van der Waals surface area contributed by atoms with Gasteiger partial charge in [-0.15, -0.1) is 0 Å². The third kappa shape index (κ3) is 6.11. The van der Waals surface area contributed by atoms with E-state index in [-0.39, 0.29) is 23.8 Å². The average Bonchev–Trinajstić information content (AvgIpc) is 2.70. The molecule has 0 aliphatic carbocycles. The second-order valence-electron chi connectivity index (χ2n) is 9.74. The molecular formula is C23H36N4O5. The third-order valence-corrected chi connectivity index (χ3v) is 5.52. The van der Waals surface area contributed by atoms with Gasteiger partial charge in [-0.05, 0) is 32.8 Å². The standard InChI is InChI=1S/C23H36N4O5/c1-15(2)19(27(22(30)31)23(3,4)5)21(29)26-12-10-17(11-13-26)32-18-9-8-16(14-24-18)20(28)25(6)7/h8-9,14-15,17,19H,10-13H2,1-7H3,(H,30,31)/t19-/m0/s1. The molecule has 1 saturated heterocycles. The Hall–Kier alpha value is -2.84. The van der Waals surface area contributed by atoms with E-state index in [4.69, 9.17) is 4.74 Å². The molecule has 0 bridgehead atoms. The SMILES string of the molecule is CC(C)[C@@H](C(=O)N1CCC(Oc2ccc(C(=O)N(C)C)cn2)CC1)N(C(=O)O)C(C)(C)C. The fourth-order valence-electron chi connectivity index (χ4n) is 3.90. The number of likely N-dealkylation sites (tertiary alicyclic amines) is 1. The zero-order valence-corrected chi connectivity index (χ0v) is 20.2. The van der Waals surface area contributed by atoms with Crippen molar-refractivity contribution in [2.24, 2.45) is 5.92 Å². The quantitative estimate of drug-likeness (QED) is 0.718. The van der Waals surface area contributed by atoms with E-state index < -0.39 is 17.7 Å². The monoisotopic (exact) mass is 448 g/mol. The first-order valence-corrected chi connectivity index (χ1v) is 11.0. The van der Waals surface area contributed by atoms with Crippen molar-refractivity contribution in [3.8, 4) is 5.88 Å². The van der Waals surface area contributed by atoms with Crippen molar-refractivity contribution in [2.75, 3.05) is 27.2 Å². The van der Waals surface area contributed by atoms with Gasteiger partial charge in [-0.1, -0.05) is 13.8 Å². The van der Waals surface area contributed by atoms with Crippen molar-refractivity contribution in [1.29, 1.82) is 0 Å². The van der Waals surface area contributed by atoms with Crippen LogP contribution in [-0.2, 0) is 4.79 Å². The van der Waals surface area contributed by atoms with Crippen LogP contribution in [0.1, 0.15) is 57.8 Å². The van der Waals surface area contributed by atoms with Crippen molar-refractivity contribution in [1.82, 2.24) is 19.7 Å². The normalized spacial score (nSPS) is 15.9. The molecule has 9 nitrogen and oxygen atoms in total. The number of hydrogen-bond acceptors (Lipinski definition) is 5. The maximum Gasteiger partial charge on any atom is 0.408 e. The summed E-state index contributed by atoms with van der Waals surface area (Å²) in [6, 6.07) is 2.62. The summed E-state index contributed by atoms with van der Waals surface area (Å²) in [4.78, 5) is 45.9. The first kappa shape index (κ1) is 25.4. The summed E-state index contributed by atoms with van der Waals surface area (Å²) < 4.78 is 5.95. The van der Waals surface area contributed by atoms with Gasteiger partial charge in [-0.3, -0.25) is 14.5 Å². The number of piperidine rings is 1. The van der Waals surface area contributed by atoms with Gasteiger partial charge in [-0.25, -0.2) is 9.78 Å². The van der Waals surface area contributed by atoms with Gasteiger partial charge in [0.25, 0.3) is 5.91 Å². The molecule has 32 heavy (non-hydrogen) atoms. The number of carbonyl (C=O) groups excluding carboxylic acids is 2. The van der Waals surface area contributed by atoms with Crippen LogP contribution in [0.4, 0.5) is 4.79 Å². The predicted octanol–water partition coefficient (Wildman–Crippen LogP) is 2.96. The summed E-state index contributed by atoms with van der Waals surface area (Å²) in [6.45, 7) is 10.1. The molecule has 1 aromatic rings. The number of aromatic nitrogens is 1. The van der Waals surface area contributed by atoms with E-state index >= 15 is 0 Å². The van der Waals surface area contributed by atoms with Crippen LogP contribution in [-0.4, -0.2) is 87.6 Å². The number of pyridine rings is 1. The van der Waals surface area contributed by atoms with Gasteiger partial charge in [0.1, 0.15) is 12.1 Å². The first-order chi connectivity index (χ1) is 14.8. The maximum atomic E-state index is 13.3. The van der Waals surface area contributed by atoms with Crippen LogP contribution >= 0.6 is 0 Å². The summed E-state index contributed by atoms with van der Waals surface area (Å²) in [5.74, 6) is -0.00370. The molecule has 1 atom stereocenters. The van der Waals surface area contributed by atoms with E-state index in [2.05, 4.69) is 4.98 Å². The highest BCUT2D eigenvalue weighted by Crippen LogP contribution is 2.26. The largest absolute Gasteiger partial charge is 0.474 e. The zero-order valence-electron chi connectivity index (χ0n) is 20.2. The molecule has 3 amide bonds. The average molecular weight is 449 g/mol. The molecule has 2 heterocycles. The second-order valence-corrected chi connectivity index (χ2v) is 9.74. The Morgan fingerprint density at radius 3 is 2.16 bits per heavy atom. The minimum atomic E-state index is -1.09. The molecular weight excluding hydrogens is 412 g/mol. The van der Waals surface area contributed by atoms with Gasteiger partial charge < -0.3 is 19.6 Å². The van der Waals surface area contributed by atoms with Crippen LogP contribution < -0.4 is 4.74 Å². The van der Waals surface area contributed by atoms with Crippen LogP contribution in [0.2, 0.25) is 0 Å². The van der Waals surface area contributed by atoms with Crippen molar-refractivity contribution in [3.63, 3.8) is 0 Å². The minimum Gasteiger partial charge on any atom is -0.474 e. The highest BCUT2D eigenvalue weighted by molar-refractivity contribution is 5.93. The van der Waals surface area contributed by atoms with Crippen molar-refractivity contribution >= 4 is 17.9 Å². The lowest BCUT2D eigenvalue weighted by Gasteiger charge is -2.43. The second kappa shape index (κ2) is 10.2. The van der Waals surface area contributed by atoms with Crippen LogP contribution in [0.3, 0.4) is 0 Å². The number of amides is 3. The summed E-state index contributed by atoms with van der Waals surface area (Å²) >= 11 is 0. The molecule has 2 rings (SSSR count). The van der Waals surface area contributed by atoms with Crippen molar-refractivity contribution in [3.05, 3.63) is 23.9 Å². The summed E-state index contributed by atoms with van der Waals surface area (Å²) in [7, 11) is 3.37. The lowest BCUT2D eigenvalue weighted by molar-refractivity contribution is -0.142. The molecule has 0 unspecified atom stereocenters. The molecule has 1 aromatic heterocycles. The molecule has 0 saturated carbocycles. The van der Waals surface area contributed by atoms with E-state index in [0.717, 1.165) is 0 Å². The van der Waals surface area contributed by atoms with E-state index in [1.54, 1.807) is 51.9 Å². The number of nitrogens with zero attached hydrogens (tertiary/aromatic N) is 4. The Labute approximate surface area is 190 Å². The van der Waals surface area contributed by atoms with Gasteiger partial charge in [-0.2, -0.15) is 0 Å². The summed E-state index contributed by atoms with van der Waals surface area (Å²) in [5.41, 5.74) is -0.201. The Morgan fingerprint density at radius 1 is 1.16 bits per heavy atom. The van der Waals surface area contributed by atoms with Gasteiger partial charge >= 0.3 is 6.09 Å². The smallest absolute Gasteiger partial charge is 0.408 e. The number of carbonyl (C=O) groups is 3. The topological polar surface area (TPSA) is 103 Å². The number of rotatable bonds is 6. The Bertz CT molecular complexity index is 809. The molecule has 1 aliphatic rings. The lowest BCUT2D eigenvalue weighted by atomic mass is 9.94. The fourth-order valence-corrected chi connectivity index (χ4v) is 3.90. The Morgan fingerprint density at radius 2 is 1.75 bits per heavy atom. The van der Waals surface area contributed by atoms with E-state index in [1.807, 2.05) is 13.8 Å². The molecule has 1 fully saturated rings. The highest BCUT2D eigenvalue weighted by Gasteiger charge is 2.41. The Balaban J connectivity index is 2.01. The zero-order chi connectivity index (χ0) is 24.2. The van der Waals surface area contributed by atoms with Gasteiger partial charge in [0.05, 0.1) is 5.56 Å².